The van der Waals surface area contributed by atoms with Crippen molar-refractivity contribution >= 4 is 5.97 Å². The third kappa shape index (κ3) is 3.70. The molecule has 7 heteroatoms. The number of ether oxygens (including phenoxy) is 3. The highest BCUT2D eigenvalue weighted by molar-refractivity contribution is 5.93. The molecule has 6 nitrogen and oxygen atoms in total. The topological polar surface area (TPSA) is 80.6 Å². The number of allylic oxidation sites excluding steroid dienone is 2. The molecule has 138 valence electrons. The lowest BCUT2D eigenvalue weighted by molar-refractivity contribution is -0.138. The van der Waals surface area contributed by atoms with Gasteiger partial charge in [0.05, 0.1) is 49.2 Å². The first kappa shape index (κ1) is 19.5. The Bertz CT molecular complexity index is 808. The minimum atomic E-state index is -0.749. The lowest BCUT2D eigenvalue weighted by Gasteiger charge is -2.30. The second kappa shape index (κ2) is 8.50. The predicted molar refractivity (Wildman–Crippen MR) is 92.7 cm³/mol. The average Bonchev–Trinajstić information content (AvgIpc) is 2.61. The van der Waals surface area contributed by atoms with Gasteiger partial charge in [0.1, 0.15) is 11.6 Å². The lowest BCUT2D eigenvalue weighted by atomic mass is 9.80. The molecule has 0 amide bonds. The third-order valence-corrected chi connectivity index (χ3v) is 4.06. The van der Waals surface area contributed by atoms with E-state index >= 15 is 0 Å². The van der Waals surface area contributed by atoms with Crippen molar-refractivity contribution in [2.45, 2.75) is 19.8 Å². The fourth-order valence-electron chi connectivity index (χ4n) is 2.99. The highest BCUT2D eigenvalue weighted by Gasteiger charge is 2.37. The van der Waals surface area contributed by atoms with Gasteiger partial charge in [-0.05, 0) is 19.9 Å². The molecule has 0 spiro atoms. The number of esters is 1. The van der Waals surface area contributed by atoms with Crippen LogP contribution in [-0.2, 0) is 14.3 Å². The number of halogens is 1. The summed E-state index contributed by atoms with van der Waals surface area (Å²) < 4.78 is 29.3. The normalized spacial score (nSPS) is 16.8. The molecule has 1 unspecified atom stereocenters. The van der Waals surface area contributed by atoms with E-state index in [4.69, 9.17) is 14.2 Å². The molecule has 0 aliphatic carbocycles. The number of dihydropyridines is 1. The Morgan fingerprint density at radius 3 is 2.69 bits per heavy atom. The van der Waals surface area contributed by atoms with E-state index in [0.29, 0.717) is 22.5 Å². The van der Waals surface area contributed by atoms with Crippen LogP contribution in [0.2, 0.25) is 0 Å². The predicted octanol–water partition coefficient (Wildman–Crippen LogP) is 2.78. The van der Waals surface area contributed by atoms with Crippen LogP contribution in [0.1, 0.15) is 25.3 Å². The van der Waals surface area contributed by atoms with Crippen LogP contribution in [0.25, 0.3) is 0 Å². The summed E-state index contributed by atoms with van der Waals surface area (Å²) in [6, 6.07) is 6.14. The van der Waals surface area contributed by atoms with Gasteiger partial charge in [-0.3, -0.25) is 0 Å². The van der Waals surface area contributed by atoms with Crippen LogP contribution >= 0.6 is 0 Å². The number of rotatable bonds is 6. The van der Waals surface area contributed by atoms with Crippen molar-refractivity contribution < 1.29 is 23.4 Å². The van der Waals surface area contributed by atoms with E-state index < -0.39 is 17.7 Å². The Balaban J connectivity index is 2.74. The zero-order chi connectivity index (χ0) is 19.3. The molecular weight excluding hydrogens is 339 g/mol. The first-order chi connectivity index (χ1) is 12.5. The molecule has 1 atom stereocenters. The van der Waals surface area contributed by atoms with E-state index in [1.807, 2.05) is 0 Å². The maximum absolute atomic E-state index is 13.6. The maximum atomic E-state index is 13.6. The monoisotopic (exact) mass is 360 g/mol. The molecular formula is C19H21FN2O4. The number of hydrogen-bond acceptors (Lipinski definition) is 6. The summed E-state index contributed by atoms with van der Waals surface area (Å²) in [7, 11) is 2.91. The first-order valence-electron chi connectivity index (χ1n) is 8.08. The number of methoxy groups -OCH3 is 2. The molecule has 1 aromatic carbocycles. The van der Waals surface area contributed by atoms with Gasteiger partial charge in [-0.2, -0.15) is 5.26 Å². The smallest absolute Gasteiger partial charge is 0.336 e. The highest BCUT2D eigenvalue weighted by Crippen LogP contribution is 2.42. The van der Waals surface area contributed by atoms with E-state index in [0.717, 1.165) is 0 Å². The molecule has 0 aromatic heterocycles. The molecule has 0 fully saturated rings. The number of carbonyl (C=O) groups excluding carboxylic acids is 1. The molecule has 1 aliphatic rings. The van der Waals surface area contributed by atoms with Gasteiger partial charge in [-0.1, -0.05) is 6.07 Å². The van der Waals surface area contributed by atoms with E-state index in [-0.39, 0.29) is 24.5 Å². The van der Waals surface area contributed by atoms with Gasteiger partial charge in [-0.25, -0.2) is 9.18 Å². The lowest BCUT2D eigenvalue weighted by Crippen LogP contribution is -2.31. The Kier molecular flexibility index (Phi) is 6.36. The van der Waals surface area contributed by atoms with Gasteiger partial charge in [0.25, 0.3) is 0 Å². The fourth-order valence-corrected chi connectivity index (χ4v) is 2.99. The van der Waals surface area contributed by atoms with Crippen LogP contribution in [0, 0.1) is 17.1 Å². The van der Waals surface area contributed by atoms with Crippen molar-refractivity contribution in [1.82, 2.24) is 5.32 Å². The second-order valence-corrected chi connectivity index (χ2v) is 5.64. The highest BCUT2D eigenvalue weighted by atomic mass is 19.1. The number of nitriles is 1. The fraction of sp³-hybridized carbons (Fsp3) is 0.368. The van der Waals surface area contributed by atoms with Crippen LogP contribution in [0.3, 0.4) is 0 Å². The quantitative estimate of drug-likeness (QED) is 0.786. The van der Waals surface area contributed by atoms with Gasteiger partial charge in [-0.15, -0.1) is 0 Å². The number of hydrogen-bond donors (Lipinski definition) is 1. The van der Waals surface area contributed by atoms with Crippen molar-refractivity contribution in [3.05, 3.63) is 52.1 Å². The average molecular weight is 360 g/mol. The van der Waals surface area contributed by atoms with Gasteiger partial charge in [0, 0.05) is 24.4 Å². The maximum Gasteiger partial charge on any atom is 0.336 e. The van der Waals surface area contributed by atoms with E-state index in [1.165, 1.54) is 32.4 Å². The van der Waals surface area contributed by atoms with Gasteiger partial charge in [0.15, 0.2) is 0 Å². The largest absolute Gasteiger partial charge is 0.496 e. The van der Waals surface area contributed by atoms with Crippen molar-refractivity contribution in [3.8, 4) is 11.8 Å². The van der Waals surface area contributed by atoms with Gasteiger partial charge < -0.3 is 19.5 Å². The summed E-state index contributed by atoms with van der Waals surface area (Å²) in [5, 5.41) is 12.7. The van der Waals surface area contributed by atoms with E-state index in [2.05, 4.69) is 11.4 Å². The SMILES string of the molecule is CCOC(=O)C1=C(COC)NC(C)=C(C#N)C1c1ccc(F)cc1OC. The summed E-state index contributed by atoms with van der Waals surface area (Å²) in [4.78, 5) is 12.7. The molecule has 0 saturated heterocycles. The number of nitrogens with one attached hydrogen (secondary N) is 1. The Morgan fingerprint density at radius 1 is 1.38 bits per heavy atom. The van der Waals surface area contributed by atoms with Crippen molar-refractivity contribution in [2.24, 2.45) is 0 Å². The Labute approximate surface area is 151 Å². The molecule has 0 saturated carbocycles. The summed E-state index contributed by atoms with van der Waals surface area (Å²) in [5.74, 6) is -1.54. The van der Waals surface area contributed by atoms with Crippen LogP contribution in [-0.4, -0.2) is 33.4 Å². The van der Waals surface area contributed by atoms with Gasteiger partial charge in [0.2, 0.25) is 0 Å². The van der Waals surface area contributed by atoms with Crippen LogP contribution in [0.4, 0.5) is 4.39 Å². The van der Waals surface area contributed by atoms with E-state index in [9.17, 15) is 14.4 Å². The Morgan fingerprint density at radius 2 is 2.12 bits per heavy atom. The third-order valence-electron chi connectivity index (χ3n) is 4.06. The van der Waals surface area contributed by atoms with E-state index in [1.54, 1.807) is 13.8 Å². The molecule has 0 bridgehead atoms. The zero-order valence-corrected chi connectivity index (χ0v) is 15.2. The van der Waals surface area contributed by atoms with Crippen LogP contribution in [0.5, 0.6) is 5.75 Å². The van der Waals surface area contributed by atoms with Crippen molar-refractivity contribution in [2.75, 3.05) is 27.4 Å². The molecule has 1 aliphatic heterocycles. The van der Waals surface area contributed by atoms with Crippen molar-refractivity contribution in [3.63, 3.8) is 0 Å². The molecule has 1 aromatic rings. The summed E-state index contributed by atoms with van der Waals surface area (Å²) in [6.45, 7) is 3.74. The standard InChI is InChI=1S/C19H21FN2O4/c1-5-26-19(23)18-15(10-24-3)22-11(2)14(9-21)17(18)13-7-6-12(20)8-16(13)25-4/h6-8,17,22H,5,10H2,1-4H3. The zero-order valence-electron chi connectivity index (χ0n) is 15.2. The molecule has 1 N–H and O–H groups in total. The number of carbonyl (C=O) groups is 1. The summed E-state index contributed by atoms with van der Waals surface area (Å²) >= 11 is 0. The van der Waals surface area contributed by atoms with Crippen molar-refractivity contribution in [1.29, 1.82) is 5.26 Å². The minimum Gasteiger partial charge on any atom is -0.496 e. The Hall–Kier alpha value is -2.85. The molecule has 26 heavy (non-hydrogen) atoms. The molecule has 2 rings (SSSR count). The first-order valence-corrected chi connectivity index (χ1v) is 8.08. The van der Waals surface area contributed by atoms with Crippen LogP contribution in [0.15, 0.2) is 40.7 Å². The summed E-state index contributed by atoms with van der Waals surface area (Å²) in [6.07, 6.45) is 0. The molecule has 0 radical (unpaired) electrons. The summed E-state index contributed by atoms with van der Waals surface area (Å²) in [5.41, 5.74) is 2.17. The number of benzene rings is 1. The number of nitrogens with zero attached hydrogens (tertiary/aromatic N) is 1. The van der Waals surface area contributed by atoms with Gasteiger partial charge >= 0.3 is 5.97 Å². The minimum absolute atomic E-state index is 0.129. The van der Waals surface area contributed by atoms with Crippen LogP contribution < -0.4 is 10.1 Å². The molecule has 1 heterocycles. The second-order valence-electron chi connectivity index (χ2n) is 5.64.